The maximum absolute atomic E-state index is 5.97. The van der Waals surface area contributed by atoms with E-state index in [4.69, 9.17) is 10.2 Å². The molecule has 3 nitrogen and oxygen atoms in total. The van der Waals surface area contributed by atoms with Crippen LogP contribution >= 0.6 is 0 Å². The summed E-state index contributed by atoms with van der Waals surface area (Å²) >= 11 is 0. The van der Waals surface area contributed by atoms with Gasteiger partial charge in [0.15, 0.2) is 11.7 Å². The van der Waals surface area contributed by atoms with Crippen LogP contribution in [0, 0.1) is 0 Å². The minimum atomic E-state index is 0.0240. The van der Waals surface area contributed by atoms with Gasteiger partial charge in [0, 0.05) is 23.6 Å². The average molecular weight is 278 g/mol. The van der Waals surface area contributed by atoms with Crippen LogP contribution in [0.1, 0.15) is 12.8 Å². The molecule has 0 bridgehead atoms. The van der Waals surface area contributed by atoms with E-state index in [0.717, 1.165) is 22.6 Å². The third-order valence-electron chi connectivity index (χ3n) is 3.25. The Bertz CT molecular complexity index is 646. The number of oxazole rings is 1. The van der Waals surface area contributed by atoms with E-state index in [-0.39, 0.29) is 6.04 Å². The molecule has 3 rings (SSSR count). The second-order valence-corrected chi connectivity index (χ2v) is 5.20. The van der Waals surface area contributed by atoms with Gasteiger partial charge in [-0.15, -0.1) is 0 Å². The molecule has 0 saturated heterocycles. The SMILES string of the molecule is CC(N)Cc1nc(-c2ccccc2)c(-c2ccccc2)o1. The third-order valence-corrected chi connectivity index (χ3v) is 3.25. The van der Waals surface area contributed by atoms with Crippen molar-refractivity contribution in [2.24, 2.45) is 5.73 Å². The van der Waals surface area contributed by atoms with Crippen molar-refractivity contribution in [2.75, 3.05) is 0 Å². The highest BCUT2D eigenvalue weighted by atomic mass is 16.4. The van der Waals surface area contributed by atoms with Gasteiger partial charge in [0.1, 0.15) is 5.69 Å². The van der Waals surface area contributed by atoms with Gasteiger partial charge in [-0.1, -0.05) is 60.7 Å². The summed E-state index contributed by atoms with van der Waals surface area (Å²) in [5, 5.41) is 0. The van der Waals surface area contributed by atoms with Crippen molar-refractivity contribution < 1.29 is 4.42 Å². The second kappa shape index (κ2) is 5.94. The van der Waals surface area contributed by atoms with E-state index in [9.17, 15) is 0 Å². The van der Waals surface area contributed by atoms with Crippen LogP contribution < -0.4 is 5.73 Å². The van der Waals surface area contributed by atoms with E-state index in [1.54, 1.807) is 0 Å². The first-order valence-corrected chi connectivity index (χ1v) is 7.10. The lowest BCUT2D eigenvalue weighted by Crippen LogP contribution is -2.17. The van der Waals surface area contributed by atoms with Gasteiger partial charge in [-0.3, -0.25) is 0 Å². The maximum atomic E-state index is 5.97. The zero-order chi connectivity index (χ0) is 14.7. The Morgan fingerprint density at radius 2 is 1.52 bits per heavy atom. The molecule has 0 saturated carbocycles. The summed E-state index contributed by atoms with van der Waals surface area (Å²) in [5.41, 5.74) is 8.81. The van der Waals surface area contributed by atoms with Crippen LogP contribution in [0.15, 0.2) is 65.1 Å². The van der Waals surface area contributed by atoms with Crippen LogP contribution in [-0.2, 0) is 6.42 Å². The van der Waals surface area contributed by atoms with Gasteiger partial charge in [0.25, 0.3) is 0 Å². The van der Waals surface area contributed by atoms with Crippen LogP contribution in [0.4, 0.5) is 0 Å². The molecule has 0 fully saturated rings. The van der Waals surface area contributed by atoms with Gasteiger partial charge in [0.2, 0.25) is 0 Å². The zero-order valence-corrected chi connectivity index (χ0v) is 12.0. The standard InChI is InChI=1S/C18H18N2O/c1-13(19)12-16-20-17(14-8-4-2-5-9-14)18(21-16)15-10-6-3-7-11-15/h2-11,13H,12,19H2,1H3. The lowest BCUT2D eigenvalue weighted by atomic mass is 10.1. The number of aromatic nitrogens is 1. The molecule has 106 valence electrons. The van der Waals surface area contributed by atoms with Gasteiger partial charge in [-0.05, 0) is 6.92 Å². The van der Waals surface area contributed by atoms with Crippen molar-refractivity contribution in [1.82, 2.24) is 4.98 Å². The molecule has 1 heterocycles. The summed E-state index contributed by atoms with van der Waals surface area (Å²) in [6.45, 7) is 1.95. The molecule has 21 heavy (non-hydrogen) atoms. The molecule has 0 amide bonds. The van der Waals surface area contributed by atoms with Crippen molar-refractivity contribution >= 4 is 0 Å². The molecule has 0 radical (unpaired) electrons. The monoisotopic (exact) mass is 278 g/mol. The highest BCUT2D eigenvalue weighted by molar-refractivity contribution is 5.76. The summed E-state index contributed by atoms with van der Waals surface area (Å²) in [7, 11) is 0. The Morgan fingerprint density at radius 1 is 0.952 bits per heavy atom. The number of nitrogens with zero attached hydrogens (tertiary/aromatic N) is 1. The summed E-state index contributed by atoms with van der Waals surface area (Å²) in [4.78, 5) is 4.65. The molecule has 1 atom stereocenters. The Kier molecular flexibility index (Phi) is 3.84. The van der Waals surface area contributed by atoms with Crippen LogP contribution in [0.2, 0.25) is 0 Å². The number of hydrogen-bond acceptors (Lipinski definition) is 3. The molecular formula is C18H18N2O. The fourth-order valence-electron chi connectivity index (χ4n) is 2.30. The lowest BCUT2D eigenvalue weighted by molar-refractivity contribution is 0.487. The normalized spacial score (nSPS) is 12.3. The Balaban J connectivity index is 2.11. The Labute approximate surface area is 124 Å². The molecule has 0 aliphatic carbocycles. The molecule has 1 aromatic heterocycles. The molecule has 0 spiro atoms. The van der Waals surface area contributed by atoms with E-state index >= 15 is 0 Å². The van der Waals surface area contributed by atoms with Gasteiger partial charge in [0.05, 0.1) is 0 Å². The molecule has 3 heteroatoms. The largest absolute Gasteiger partial charge is 0.440 e. The minimum Gasteiger partial charge on any atom is -0.440 e. The number of benzene rings is 2. The summed E-state index contributed by atoms with van der Waals surface area (Å²) < 4.78 is 5.97. The van der Waals surface area contributed by atoms with Crippen LogP contribution in [-0.4, -0.2) is 11.0 Å². The van der Waals surface area contributed by atoms with Gasteiger partial charge in [-0.25, -0.2) is 4.98 Å². The fraction of sp³-hybridized carbons (Fsp3) is 0.167. The van der Waals surface area contributed by atoms with Gasteiger partial charge >= 0.3 is 0 Å². The van der Waals surface area contributed by atoms with Crippen molar-refractivity contribution in [3.05, 3.63) is 66.6 Å². The lowest BCUT2D eigenvalue weighted by Gasteiger charge is -2.01. The average Bonchev–Trinajstić information content (AvgIpc) is 2.92. The highest BCUT2D eigenvalue weighted by Crippen LogP contribution is 2.32. The van der Waals surface area contributed by atoms with Crippen molar-refractivity contribution in [3.8, 4) is 22.6 Å². The van der Waals surface area contributed by atoms with Crippen LogP contribution in [0.25, 0.3) is 22.6 Å². The topological polar surface area (TPSA) is 52.0 Å². The second-order valence-electron chi connectivity index (χ2n) is 5.20. The van der Waals surface area contributed by atoms with E-state index in [0.29, 0.717) is 12.3 Å². The first-order valence-electron chi connectivity index (χ1n) is 7.10. The predicted molar refractivity (Wildman–Crippen MR) is 84.7 cm³/mol. The van der Waals surface area contributed by atoms with E-state index in [1.165, 1.54) is 0 Å². The number of hydrogen-bond donors (Lipinski definition) is 1. The molecule has 2 N–H and O–H groups in total. The van der Waals surface area contributed by atoms with Gasteiger partial charge < -0.3 is 10.2 Å². The quantitative estimate of drug-likeness (QED) is 0.787. The number of rotatable bonds is 4. The van der Waals surface area contributed by atoms with Crippen molar-refractivity contribution in [2.45, 2.75) is 19.4 Å². The third kappa shape index (κ3) is 3.03. The van der Waals surface area contributed by atoms with E-state index in [2.05, 4.69) is 4.98 Å². The van der Waals surface area contributed by atoms with Gasteiger partial charge in [-0.2, -0.15) is 0 Å². The first kappa shape index (κ1) is 13.6. The number of nitrogens with two attached hydrogens (primary N) is 1. The molecular weight excluding hydrogens is 260 g/mol. The Morgan fingerprint density at radius 3 is 2.10 bits per heavy atom. The fourth-order valence-corrected chi connectivity index (χ4v) is 2.30. The van der Waals surface area contributed by atoms with E-state index < -0.39 is 0 Å². The molecule has 3 aromatic rings. The predicted octanol–water partition coefficient (Wildman–Crippen LogP) is 3.90. The minimum absolute atomic E-state index is 0.0240. The van der Waals surface area contributed by atoms with Crippen LogP contribution in [0.5, 0.6) is 0 Å². The summed E-state index contributed by atoms with van der Waals surface area (Å²) in [6.07, 6.45) is 0.632. The zero-order valence-electron chi connectivity index (χ0n) is 12.0. The molecule has 0 aliphatic rings. The molecule has 2 aromatic carbocycles. The highest BCUT2D eigenvalue weighted by Gasteiger charge is 2.17. The summed E-state index contributed by atoms with van der Waals surface area (Å²) in [6, 6.07) is 20.2. The summed E-state index contributed by atoms with van der Waals surface area (Å²) in [5.74, 6) is 1.49. The van der Waals surface area contributed by atoms with Crippen LogP contribution in [0.3, 0.4) is 0 Å². The van der Waals surface area contributed by atoms with E-state index in [1.807, 2.05) is 67.6 Å². The molecule has 0 aliphatic heterocycles. The first-order chi connectivity index (χ1) is 10.2. The molecule has 1 unspecified atom stereocenters. The van der Waals surface area contributed by atoms with Crippen molar-refractivity contribution in [3.63, 3.8) is 0 Å². The Hall–Kier alpha value is -2.39. The maximum Gasteiger partial charge on any atom is 0.197 e. The smallest absolute Gasteiger partial charge is 0.197 e. The van der Waals surface area contributed by atoms with Crippen molar-refractivity contribution in [1.29, 1.82) is 0 Å².